The molecule has 0 bridgehead atoms. The molecule has 0 radical (unpaired) electrons. The SMILES string of the molecule is CCCn1cc(S(=O)(=O)N(C)CC(N)=O)cc1C(=O)O. The van der Waals surface area contributed by atoms with Crippen molar-refractivity contribution in [2.24, 2.45) is 5.73 Å². The number of rotatable bonds is 7. The summed E-state index contributed by atoms with van der Waals surface area (Å²) in [6.45, 7) is 1.76. The Labute approximate surface area is 116 Å². The first-order valence-electron chi connectivity index (χ1n) is 5.88. The maximum Gasteiger partial charge on any atom is 0.352 e. The summed E-state index contributed by atoms with van der Waals surface area (Å²) >= 11 is 0. The fourth-order valence-corrected chi connectivity index (χ4v) is 2.89. The zero-order valence-electron chi connectivity index (χ0n) is 11.2. The van der Waals surface area contributed by atoms with Gasteiger partial charge in [-0.15, -0.1) is 0 Å². The monoisotopic (exact) mass is 303 g/mol. The van der Waals surface area contributed by atoms with Crippen LogP contribution in [-0.2, 0) is 21.4 Å². The predicted octanol–water partition coefficient (Wildman–Crippen LogP) is -0.298. The molecule has 0 saturated heterocycles. The van der Waals surface area contributed by atoms with Crippen LogP contribution in [-0.4, -0.2) is 47.9 Å². The molecule has 0 aliphatic rings. The lowest BCUT2D eigenvalue weighted by atomic mass is 10.4. The minimum atomic E-state index is -3.94. The molecule has 8 nitrogen and oxygen atoms in total. The van der Waals surface area contributed by atoms with Gasteiger partial charge in [0.2, 0.25) is 15.9 Å². The number of amides is 1. The highest BCUT2D eigenvalue weighted by Gasteiger charge is 2.26. The van der Waals surface area contributed by atoms with Crippen LogP contribution in [0, 0.1) is 0 Å². The Hall–Kier alpha value is -1.87. The minimum Gasteiger partial charge on any atom is -0.477 e. The van der Waals surface area contributed by atoms with Crippen LogP contribution in [0.2, 0.25) is 0 Å². The summed E-state index contributed by atoms with van der Waals surface area (Å²) in [7, 11) is -2.73. The topological polar surface area (TPSA) is 123 Å². The van der Waals surface area contributed by atoms with Gasteiger partial charge in [-0.05, 0) is 12.5 Å². The molecule has 1 rings (SSSR count). The Morgan fingerprint density at radius 1 is 1.45 bits per heavy atom. The molecule has 1 aromatic heterocycles. The third-order valence-electron chi connectivity index (χ3n) is 2.64. The van der Waals surface area contributed by atoms with Crippen LogP contribution in [0.1, 0.15) is 23.8 Å². The highest BCUT2D eigenvalue weighted by atomic mass is 32.2. The molecule has 3 N–H and O–H groups in total. The number of sulfonamides is 1. The first-order chi connectivity index (χ1) is 9.20. The molecule has 0 aliphatic carbocycles. The lowest BCUT2D eigenvalue weighted by Crippen LogP contribution is -2.35. The Morgan fingerprint density at radius 3 is 2.50 bits per heavy atom. The molecule has 9 heteroatoms. The van der Waals surface area contributed by atoms with Crippen molar-refractivity contribution in [3.63, 3.8) is 0 Å². The quantitative estimate of drug-likeness (QED) is 0.716. The van der Waals surface area contributed by atoms with Crippen molar-refractivity contribution in [1.82, 2.24) is 8.87 Å². The third-order valence-corrected chi connectivity index (χ3v) is 4.41. The normalized spacial score (nSPS) is 11.8. The number of likely N-dealkylation sites (N-methyl/N-ethyl adjacent to an activating group) is 1. The average molecular weight is 303 g/mol. The number of hydrogen-bond donors (Lipinski definition) is 2. The molecule has 0 aromatic carbocycles. The van der Waals surface area contributed by atoms with E-state index in [1.165, 1.54) is 17.8 Å². The second kappa shape index (κ2) is 6.06. The second-order valence-electron chi connectivity index (χ2n) is 4.29. The lowest BCUT2D eigenvalue weighted by molar-refractivity contribution is -0.118. The number of nitrogens with zero attached hydrogens (tertiary/aromatic N) is 2. The van der Waals surface area contributed by atoms with Crippen molar-refractivity contribution in [3.8, 4) is 0 Å². The summed E-state index contributed by atoms with van der Waals surface area (Å²) < 4.78 is 26.5. The van der Waals surface area contributed by atoms with E-state index in [0.717, 1.165) is 10.4 Å². The third kappa shape index (κ3) is 3.36. The van der Waals surface area contributed by atoms with Gasteiger partial charge in [-0.1, -0.05) is 6.92 Å². The molecule has 0 atom stereocenters. The fourth-order valence-electron chi connectivity index (χ4n) is 1.71. The number of hydrogen-bond acceptors (Lipinski definition) is 4. The van der Waals surface area contributed by atoms with Crippen molar-refractivity contribution in [2.75, 3.05) is 13.6 Å². The Kier molecular flexibility index (Phi) is 4.90. The highest BCUT2D eigenvalue weighted by molar-refractivity contribution is 7.89. The molecule has 0 spiro atoms. The van der Waals surface area contributed by atoms with Gasteiger partial charge in [-0.3, -0.25) is 4.79 Å². The Balaban J connectivity index is 3.22. The Bertz CT molecular complexity index is 620. The molecule has 0 saturated carbocycles. The summed E-state index contributed by atoms with van der Waals surface area (Å²) in [5.41, 5.74) is 4.84. The van der Waals surface area contributed by atoms with Crippen molar-refractivity contribution in [1.29, 1.82) is 0 Å². The van der Waals surface area contributed by atoms with Gasteiger partial charge >= 0.3 is 5.97 Å². The number of carboxylic acids is 1. The Morgan fingerprint density at radius 2 is 2.05 bits per heavy atom. The lowest BCUT2D eigenvalue weighted by Gasteiger charge is -2.13. The van der Waals surface area contributed by atoms with Crippen molar-refractivity contribution >= 4 is 21.9 Å². The summed E-state index contributed by atoms with van der Waals surface area (Å²) in [6, 6.07) is 1.07. The van der Waals surface area contributed by atoms with E-state index in [1.807, 2.05) is 6.92 Å². The van der Waals surface area contributed by atoms with Gasteiger partial charge in [0, 0.05) is 19.8 Å². The van der Waals surface area contributed by atoms with Crippen LogP contribution in [0.4, 0.5) is 0 Å². The number of carbonyl (C=O) groups is 2. The largest absolute Gasteiger partial charge is 0.477 e. The fraction of sp³-hybridized carbons (Fsp3) is 0.455. The minimum absolute atomic E-state index is 0.113. The number of primary amides is 1. The molecule has 20 heavy (non-hydrogen) atoms. The van der Waals surface area contributed by atoms with E-state index in [9.17, 15) is 18.0 Å². The molecule has 112 valence electrons. The maximum absolute atomic E-state index is 12.2. The van der Waals surface area contributed by atoms with E-state index in [4.69, 9.17) is 10.8 Å². The smallest absolute Gasteiger partial charge is 0.352 e. The molecule has 1 heterocycles. The van der Waals surface area contributed by atoms with E-state index in [0.29, 0.717) is 13.0 Å². The first kappa shape index (κ1) is 16.2. The molecule has 1 amide bonds. The number of aromatic nitrogens is 1. The molecule has 0 aliphatic heterocycles. The number of nitrogens with two attached hydrogens (primary N) is 1. The van der Waals surface area contributed by atoms with Crippen LogP contribution in [0.3, 0.4) is 0 Å². The van der Waals surface area contributed by atoms with Gasteiger partial charge in [0.1, 0.15) is 10.6 Å². The highest BCUT2D eigenvalue weighted by Crippen LogP contribution is 2.18. The molecule has 1 aromatic rings. The number of aryl methyl sites for hydroxylation is 1. The van der Waals surface area contributed by atoms with Gasteiger partial charge in [0.25, 0.3) is 0 Å². The summed E-state index contributed by atoms with van der Waals surface area (Å²) in [5.74, 6) is -2.00. The van der Waals surface area contributed by atoms with Crippen LogP contribution in [0.15, 0.2) is 17.2 Å². The number of carbonyl (C=O) groups excluding carboxylic acids is 1. The summed E-state index contributed by atoms with van der Waals surface area (Å²) in [4.78, 5) is 21.7. The van der Waals surface area contributed by atoms with Crippen LogP contribution < -0.4 is 5.73 Å². The van der Waals surface area contributed by atoms with Gasteiger partial charge in [-0.2, -0.15) is 4.31 Å². The van der Waals surface area contributed by atoms with E-state index in [1.54, 1.807) is 0 Å². The van der Waals surface area contributed by atoms with Gasteiger partial charge in [0.15, 0.2) is 0 Å². The molecule has 0 unspecified atom stereocenters. The molecular weight excluding hydrogens is 286 g/mol. The first-order valence-corrected chi connectivity index (χ1v) is 7.32. The van der Waals surface area contributed by atoms with Crippen LogP contribution in [0.25, 0.3) is 0 Å². The molecular formula is C11H17N3O5S. The van der Waals surface area contributed by atoms with Gasteiger partial charge < -0.3 is 15.4 Å². The molecule has 0 fully saturated rings. The van der Waals surface area contributed by atoms with Crippen molar-refractivity contribution in [2.45, 2.75) is 24.8 Å². The zero-order chi connectivity index (χ0) is 15.5. The van der Waals surface area contributed by atoms with Crippen molar-refractivity contribution in [3.05, 3.63) is 18.0 Å². The average Bonchev–Trinajstić information content (AvgIpc) is 2.73. The van der Waals surface area contributed by atoms with Crippen LogP contribution >= 0.6 is 0 Å². The van der Waals surface area contributed by atoms with Crippen LogP contribution in [0.5, 0.6) is 0 Å². The maximum atomic E-state index is 12.2. The second-order valence-corrected chi connectivity index (χ2v) is 6.33. The zero-order valence-corrected chi connectivity index (χ0v) is 12.1. The van der Waals surface area contributed by atoms with Crippen molar-refractivity contribution < 1.29 is 23.1 Å². The predicted molar refractivity (Wildman–Crippen MR) is 70.7 cm³/mol. The standard InChI is InChI=1S/C11H17N3O5S/c1-3-4-14-6-8(5-9(14)11(16)17)20(18,19)13(2)7-10(12)15/h5-6H,3-4,7H2,1-2H3,(H2,12,15)(H,16,17). The van der Waals surface area contributed by atoms with Gasteiger partial charge in [0.05, 0.1) is 6.54 Å². The van der Waals surface area contributed by atoms with Gasteiger partial charge in [-0.25, -0.2) is 13.2 Å². The van der Waals surface area contributed by atoms with E-state index >= 15 is 0 Å². The number of aromatic carboxylic acids is 1. The van der Waals surface area contributed by atoms with E-state index < -0.39 is 28.4 Å². The number of carboxylic acid groups (broad SMARTS) is 1. The van der Waals surface area contributed by atoms with E-state index in [2.05, 4.69) is 0 Å². The summed E-state index contributed by atoms with van der Waals surface area (Å²) in [6.07, 6.45) is 1.91. The van der Waals surface area contributed by atoms with E-state index in [-0.39, 0.29) is 10.6 Å². The summed E-state index contributed by atoms with van der Waals surface area (Å²) in [5, 5.41) is 9.05.